The highest BCUT2D eigenvalue weighted by atomic mass is 32.2. The van der Waals surface area contributed by atoms with Crippen LogP contribution in [0.4, 0.5) is 17.1 Å². The van der Waals surface area contributed by atoms with Crippen molar-refractivity contribution in [3.63, 3.8) is 0 Å². The molecule has 1 heterocycles. The Morgan fingerprint density at radius 3 is 2.00 bits per heavy atom. The summed E-state index contributed by atoms with van der Waals surface area (Å²) in [7, 11) is 0. The van der Waals surface area contributed by atoms with Gasteiger partial charge in [0.1, 0.15) is 0 Å². The van der Waals surface area contributed by atoms with Crippen LogP contribution in [0.5, 0.6) is 0 Å². The zero-order valence-corrected chi connectivity index (χ0v) is 32.8. The van der Waals surface area contributed by atoms with E-state index in [1.807, 2.05) is 11.8 Å². The van der Waals surface area contributed by atoms with Gasteiger partial charge >= 0.3 is 0 Å². The van der Waals surface area contributed by atoms with E-state index in [4.69, 9.17) is 0 Å². The summed E-state index contributed by atoms with van der Waals surface area (Å²) in [5.74, 6) is 3.57. The van der Waals surface area contributed by atoms with E-state index in [1.165, 1.54) is 98.4 Å². The first kappa shape index (κ1) is 32.0. The van der Waals surface area contributed by atoms with Gasteiger partial charge in [-0.05, 0) is 165 Å². The number of rotatable bonds is 4. The second-order valence-corrected chi connectivity index (χ2v) is 20.4. The minimum absolute atomic E-state index is 0.189. The summed E-state index contributed by atoms with van der Waals surface area (Å²) in [6, 6.07) is 49.5. The Hall–Kier alpha value is -4.27. The van der Waals surface area contributed by atoms with Crippen LogP contribution in [0.25, 0.3) is 21.9 Å². The number of fused-ring (bicyclic) bond motifs is 9. The largest absolute Gasteiger partial charge is 0.310 e. The van der Waals surface area contributed by atoms with Crippen LogP contribution in [0.3, 0.4) is 0 Å². The molecule has 4 fully saturated rings. The third kappa shape index (κ3) is 4.03. The van der Waals surface area contributed by atoms with Gasteiger partial charge in [0.2, 0.25) is 0 Å². The van der Waals surface area contributed by atoms with Crippen molar-refractivity contribution < 1.29 is 0 Å². The molecule has 0 N–H and O–H groups in total. The molecule has 6 atom stereocenters. The van der Waals surface area contributed by atoms with E-state index in [0.29, 0.717) is 5.41 Å². The number of benzene rings is 6. The topological polar surface area (TPSA) is 3.24 Å². The average Bonchev–Trinajstić information content (AvgIpc) is 3.72. The highest BCUT2D eigenvalue weighted by Crippen LogP contribution is 2.89. The molecule has 1 nitrogen and oxygen atoms in total. The lowest BCUT2D eigenvalue weighted by atomic mass is 9.26. The number of anilines is 3. The molecule has 0 saturated heterocycles. The van der Waals surface area contributed by atoms with Crippen LogP contribution in [-0.4, -0.2) is 0 Å². The maximum atomic E-state index is 2.57. The molecule has 6 unspecified atom stereocenters. The van der Waals surface area contributed by atoms with Crippen molar-refractivity contribution in [2.75, 3.05) is 4.90 Å². The van der Waals surface area contributed by atoms with Gasteiger partial charge in [-0.15, -0.1) is 0 Å². The fourth-order valence-electron chi connectivity index (χ4n) is 13.5. The molecule has 2 spiro atoms. The molecular formula is C52H49NS. The number of hydrogen-bond donors (Lipinski definition) is 0. The molecule has 0 aromatic heterocycles. The van der Waals surface area contributed by atoms with Crippen molar-refractivity contribution in [1.82, 2.24) is 0 Å². The number of hydrogen-bond acceptors (Lipinski definition) is 2. The molecule has 12 rings (SSSR count). The van der Waals surface area contributed by atoms with E-state index in [1.54, 1.807) is 11.1 Å². The Bertz CT molecular complexity index is 2540. The lowest BCUT2D eigenvalue weighted by Gasteiger charge is -2.78. The monoisotopic (exact) mass is 719 g/mol. The molecule has 6 aromatic carbocycles. The second-order valence-electron chi connectivity index (χ2n) is 19.3. The van der Waals surface area contributed by atoms with Crippen molar-refractivity contribution >= 4 is 39.6 Å². The van der Waals surface area contributed by atoms with Gasteiger partial charge in [0, 0.05) is 32.3 Å². The Kier molecular flexibility index (Phi) is 6.36. The minimum atomic E-state index is 0.189. The Morgan fingerprint density at radius 2 is 1.17 bits per heavy atom. The summed E-state index contributed by atoms with van der Waals surface area (Å²) >= 11 is 2.01. The molecular weight excluding hydrogens is 671 g/mol. The smallest absolute Gasteiger partial charge is 0.0473 e. The molecule has 1 aliphatic heterocycles. The van der Waals surface area contributed by atoms with Gasteiger partial charge in [0.25, 0.3) is 0 Å². The molecule has 2 bridgehead atoms. The van der Waals surface area contributed by atoms with E-state index < -0.39 is 0 Å². The van der Waals surface area contributed by atoms with Gasteiger partial charge in [-0.2, -0.15) is 0 Å². The normalized spacial score (nSPS) is 29.8. The van der Waals surface area contributed by atoms with E-state index in [0.717, 1.165) is 23.7 Å². The Morgan fingerprint density at radius 1 is 0.519 bits per heavy atom. The number of nitrogens with zero attached hydrogens (tertiary/aromatic N) is 1. The summed E-state index contributed by atoms with van der Waals surface area (Å²) in [5.41, 5.74) is 13.8. The summed E-state index contributed by atoms with van der Waals surface area (Å²) in [6.45, 7) is 9.68. The van der Waals surface area contributed by atoms with Crippen molar-refractivity contribution in [3.8, 4) is 11.1 Å². The van der Waals surface area contributed by atoms with Crippen LogP contribution in [0.15, 0.2) is 137 Å². The SMILES string of the molecule is CC1(C)CCC(C)(C)c2cc(-c3ccc(N(c4ccc5c(c4)Sc4ccccc4C54C5CC6CC7CC4C75C6)c4ccc5ccccc5c4)cc3)ccc21. The molecule has 4 saturated carbocycles. The molecule has 0 radical (unpaired) electrons. The fraction of sp³-hybridized carbons (Fsp3) is 0.346. The Labute approximate surface area is 325 Å². The fourth-order valence-corrected chi connectivity index (χ4v) is 14.8. The quantitative estimate of drug-likeness (QED) is 0.178. The maximum Gasteiger partial charge on any atom is 0.0473 e. The molecule has 6 aliphatic rings. The Balaban J connectivity index is 0.977. The van der Waals surface area contributed by atoms with Gasteiger partial charge in [0.05, 0.1) is 0 Å². The van der Waals surface area contributed by atoms with Crippen LogP contribution in [0.2, 0.25) is 0 Å². The summed E-state index contributed by atoms with van der Waals surface area (Å²) in [4.78, 5) is 5.46. The molecule has 2 heteroatoms. The molecule has 268 valence electrons. The van der Waals surface area contributed by atoms with Crippen LogP contribution >= 0.6 is 11.8 Å². The average molecular weight is 720 g/mol. The van der Waals surface area contributed by atoms with Crippen molar-refractivity contribution in [2.24, 2.45) is 29.1 Å². The zero-order valence-electron chi connectivity index (χ0n) is 32.0. The zero-order chi connectivity index (χ0) is 36.2. The standard InChI is InChI=1S/C52H49NS/c1-49(2)23-24-50(3,4)44-28-36(16-21-41(44)49)34-13-17-38(18-14-34)53(39-19-15-33-9-5-6-10-35(33)27-39)40-20-22-43-46(30-40)54-45-12-8-7-11-42(45)52(43)47-26-32-25-37-29-48(52)51(37,47)31-32/h5-22,27-28,30,32,37,47-48H,23-26,29,31H2,1-4H3. The van der Waals surface area contributed by atoms with Gasteiger partial charge in [-0.1, -0.05) is 124 Å². The van der Waals surface area contributed by atoms with E-state index in [9.17, 15) is 0 Å². The van der Waals surface area contributed by atoms with Crippen LogP contribution in [-0.2, 0) is 16.2 Å². The first-order chi connectivity index (χ1) is 26.2. The highest BCUT2D eigenvalue weighted by molar-refractivity contribution is 7.99. The third-order valence-electron chi connectivity index (χ3n) is 16.0. The first-order valence-electron chi connectivity index (χ1n) is 20.6. The predicted molar refractivity (Wildman–Crippen MR) is 226 cm³/mol. The van der Waals surface area contributed by atoms with Crippen LogP contribution in [0, 0.1) is 29.1 Å². The van der Waals surface area contributed by atoms with Crippen molar-refractivity contribution in [1.29, 1.82) is 0 Å². The second kappa shape index (κ2) is 10.7. The molecule has 5 aliphatic carbocycles. The molecule has 0 amide bonds. The van der Waals surface area contributed by atoms with Crippen LogP contribution in [0.1, 0.15) is 88.5 Å². The third-order valence-corrected chi connectivity index (χ3v) is 17.2. The summed E-state index contributed by atoms with van der Waals surface area (Å²) in [6.07, 6.45) is 8.34. The summed E-state index contributed by atoms with van der Waals surface area (Å²) in [5, 5.41) is 2.55. The molecule has 6 aromatic rings. The van der Waals surface area contributed by atoms with Gasteiger partial charge in [-0.25, -0.2) is 0 Å². The lowest BCUT2D eigenvalue weighted by molar-refractivity contribution is -0.235. The summed E-state index contributed by atoms with van der Waals surface area (Å²) < 4.78 is 0. The van der Waals surface area contributed by atoms with Crippen molar-refractivity contribution in [2.45, 2.75) is 92.3 Å². The van der Waals surface area contributed by atoms with Crippen molar-refractivity contribution in [3.05, 3.63) is 150 Å². The predicted octanol–water partition coefficient (Wildman–Crippen LogP) is 14.1. The van der Waals surface area contributed by atoms with E-state index >= 15 is 0 Å². The first-order valence-corrected chi connectivity index (χ1v) is 21.4. The molecule has 54 heavy (non-hydrogen) atoms. The van der Waals surface area contributed by atoms with E-state index in [2.05, 4.69) is 160 Å². The maximum absolute atomic E-state index is 2.57. The van der Waals surface area contributed by atoms with Gasteiger partial charge in [-0.3, -0.25) is 0 Å². The minimum Gasteiger partial charge on any atom is -0.310 e. The van der Waals surface area contributed by atoms with Gasteiger partial charge < -0.3 is 4.90 Å². The highest BCUT2D eigenvalue weighted by Gasteiger charge is 2.84. The lowest BCUT2D eigenvalue weighted by Crippen LogP contribution is -2.74. The van der Waals surface area contributed by atoms with Crippen LogP contribution < -0.4 is 4.90 Å². The van der Waals surface area contributed by atoms with Gasteiger partial charge in [0.15, 0.2) is 0 Å². The van der Waals surface area contributed by atoms with E-state index in [-0.39, 0.29) is 16.2 Å².